The quantitative estimate of drug-likeness (QED) is 0.255. The van der Waals surface area contributed by atoms with Gasteiger partial charge in [-0.3, -0.25) is 0 Å². The van der Waals surface area contributed by atoms with Crippen LogP contribution < -0.4 is 4.74 Å². The lowest BCUT2D eigenvalue weighted by Crippen LogP contribution is -2.27. The van der Waals surface area contributed by atoms with Crippen molar-refractivity contribution in [2.24, 2.45) is 0 Å². The minimum atomic E-state index is -4.30. The first-order valence-corrected chi connectivity index (χ1v) is 11.2. The number of ether oxygens (including phenoxy) is 2. The van der Waals surface area contributed by atoms with Gasteiger partial charge in [0, 0.05) is 18.1 Å². The molecule has 0 bridgehead atoms. The van der Waals surface area contributed by atoms with Gasteiger partial charge in [0.2, 0.25) is 0 Å². The lowest BCUT2D eigenvalue weighted by atomic mass is 9.83. The van der Waals surface area contributed by atoms with E-state index in [2.05, 4.69) is 4.74 Å². The fourth-order valence-corrected chi connectivity index (χ4v) is 3.91. The number of benzene rings is 2. The smallest absolute Gasteiger partial charge is 0.429 e. The molecule has 2 aromatic rings. The third-order valence-electron chi connectivity index (χ3n) is 5.57. The average Bonchev–Trinajstić information content (AvgIpc) is 2.80. The second-order valence-corrected chi connectivity index (χ2v) is 8.02. The van der Waals surface area contributed by atoms with Crippen LogP contribution in [-0.2, 0) is 17.3 Å². The topological polar surface area (TPSA) is 18.5 Å². The van der Waals surface area contributed by atoms with Gasteiger partial charge in [-0.1, -0.05) is 31.6 Å². The first-order valence-electron chi connectivity index (χ1n) is 11.2. The Bertz CT molecular complexity index is 1110. The van der Waals surface area contributed by atoms with Crippen molar-refractivity contribution in [1.29, 1.82) is 0 Å². The Labute approximate surface area is 199 Å². The van der Waals surface area contributed by atoms with E-state index in [0.717, 1.165) is 18.2 Å². The molecule has 2 nitrogen and oxygen atoms in total. The van der Waals surface area contributed by atoms with Crippen LogP contribution in [-0.4, -0.2) is 19.5 Å². The first kappa shape index (κ1) is 26.6. The molecule has 0 heterocycles. The van der Waals surface area contributed by atoms with Gasteiger partial charge in [0.15, 0.2) is 6.17 Å². The Morgan fingerprint density at radius 2 is 1.86 bits per heavy atom. The maximum absolute atomic E-state index is 15.2. The average molecular weight is 502 g/mol. The van der Waals surface area contributed by atoms with E-state index in [1.54, 1.807) is 6.92 Å². The molecule has 2 aromatic carbocycles. The monoisotopic (exact) mass is 502 g/mol. The summed E-state index contributed by atoms with van der Waals surface area (Å²) in [6.07, 6.45) is -5.99. The van der Waals surface area contributed by atoms with Crippen LogP contribution in [0.25, 0.3) is 5.57 Å². The standard InChI is InChI=1S/C26H25F7O2/c1-3-5-15-6-8-17(13-21(15)28)35-26(32,33)20-11-10-19-16(7-9-18(14-27)34-4-2)12-22(29)25(31)23(19)24(20)30/h6-11,13,22,25H,3-5,12,14H2,1-2H3/b16-7+,18-9+. The van der Waals surface area contributed by atoms with E-state index in [1.165, 1.54) is 18.2 Å². The number of halogens is 7. The molecule has 0 spiro atoms. The number of allylic oxidation sites excluding steroid dienone is 4. The molecular formula is C26H25F7O2. The zero-order valence-corrected chi connectivity index (χ0v) is 19.2. The van der Waals surface area contributed by atoms with Crippen molar-refractivity contribution in [2.45, 2.75) is 51.6 Å². The molecule has 35 heavy (non-hydrogen) atoms. The van der Waals surface area contributed by atoms with Gasteiger partial charge < -0.3 is 9.47 Å². The van der Waals surface area contributed by atoms with Crippen molar-refractivity contribution in [3.8, 4) is 5.75 Å². The van der Waals surface area contributed by atoms with Gasteiger partial charge in [-0.2, -0.15) is 8.78 Å². The Morgan fingerprint density at radius 1 is 1.11 bits per heavy atom. The summed E-state index contributed by atoms with van der Waals surface area (Å²) in [4.78, 5) is 0. The van der Waals surface area contributed by atoms with Crippen LogP contribution in [0.15, 0.2) is 48.2 Å². The fourth-order valence-electron chi connectivity index (χ4n) is 3.91. The van der Waals surface area contributed by atoms with Crippen molar-refractivity contribution in [2.75, 3.05) is 13.3 Å². The summed E-state index contributed by atoms with van der Waals surface area (Å²) in [5.41, 5.74) is -1.92. The Morgan fingerprint density at radius 3 is 2.49 bits per heavy atom. The summed E-state index contributed by atoms with van der Waals surface area (Å²) >= 11 is 0. The predicted octanol–water partition coefficient (Wildman–Crippen LogP) is 8.07. The van der Waals surface area contributed by atoms with E-state index in [4.69, 9.17) is 4.74 Å². The van der Waals surface area contributed by atoms with Crippen molar-refractivity contribution in [1.82, 2.24) is 0 Å². The van der Waals surface area contributed by atoms with E-state index in [1.807, 2.05) is 6.92 Å². The molecule has 1 aliphatic rings. The number of fused-ring (bicyclic) bond motifs is 1. The normalized spacial score (nSPS) is 19.6. The summed E-state index contributed by atoms with van der Waals surface area (Å²) < 4.78 is 111. The number of hydrogen-bond donors (Lipinski definition) is 0. The van der Waals surface area contributed by atoms with E-state index in [-0.39, 0.29) is 23.5 Å². The Balaban J connectivity index is 1.99. The maximum atomic E-state index is 15.2. The van der Waals surface area contributed by atoms with Crippen LogP contribution in [0.3, 0.4) is 0 Å². The first-order chi connectivity index (χ1) is 16.6. The third-order valence-corrected chi connectivity index (χ3v) is 5.57. The van der Waals surface area contributed by atoms with Crippen molar-refractivity contribution in [3.63, 3.8) is 0 Å². The molecule has 0 radical (unpaired) electrons. The van der Waals surface area contributed by atoms with Crippen molar-refractivity contribution >= 4 is 5.57 Å². The number of rotatable bonds is 9. The number of alkyl halides is 5. The minimum absolute atomic E-state index is 0.0754. The molecule has 0 aliphatic heterocycles. The predicted molar refractivity (Wildman–Crippen MR) is 118 cm³/mol. The zero-order chi connectivity index (χ0) is 25.8. The molecule has 0 fully saturated rings. The molecule has 0 saturated heterocycles. The van der Waals surface area contributed by atoms with Gasteiger partial charge in [-0.15, -0.1) is 0 Å². The van der Waals surface area contributed by atoms with Gasteiger partial charge in [0.25, 0.3) is 0 Å². The second kappa shape index (κ2) is 11.2. The highest BCUT2D eigenvalue weighted by Crippen LogP contribution is 2.45. The summed E-state index contributed by atoms with van der Waals surface area (Å²) in [5.74, 6) is -3.05. The van der Waals surface area contributed by atoms with Gasteiger partial charge in [-0.05, 0) is 48.3 Å². The summed E-state index contributed by atoms with van der Waals surface area (Å²) in [6.45, 7) is 2.68. The van der Waals surface area contributed by atoms with E-state index >= 15 is 4.39 Å². The zero-order valence-electron chi connectivity index (χ0n) is 19.2. The molecule has 3 rings (SSSR count). The summed E-state index contributed by atoms with van der Waals surface area (Å²) in [6, 6.07) is 4.92. The molecular weight excluding hydrogens is 477 g/mol. The second-order valence-electron chi connectivity index (χ2n) is 8.02. The molecule has 9 heteroatoms. The van der Waals surface area contributed by atoms with Crippen molar-refractivity contribution in [3.05, 3.63) is 82.1 Å². The van der Waals surface area contributed by atoms with Crippen LogP contribution in [0.5, 0.6) is 5.75 Å². The molecule has 0 amide bonds. The third kappa shape index (κ3) is 5.82. The van der Waals surface area contributed by atoms with Crippen LogP contribution in [0, 0.1) is 11.6 Å². The Kier molecular flexibility index (Phi) is 8.51. The SMILES string of the molecule is CCCc1ccc(OC(F)(F)c2ccc3c(c2F)C(F)C(F)C/C3=C\C=C(/CF)OCC)cc1F. The van der Waals surface area contributed by atoms with Crippen molar-refractivity contribution < 1.29 is 40.2 Å². The van der Waals surface area contributed by atoms with Crippen LogP contribution in [0.2, 0.25) is 0 Å². The summed E-state index contributed by atoms with van der Waals surface area (Å²) in [7, 11) is 0. The largest absolute Gasteiger partial charge is 0.495 e. The molecule has 190 valence electrons. The molecule has 1 aliphatic carbocycles. The van der Waals surface area contributed by atoms with Crippen LogP contribution in [0.1, 0.15) is 55.1 Å². The van der Waals surface area contributed by atoms with Gasteiger partial charge in [0.05, 0.1) is 6.61 Å². The highest BCUT2D eigenvalue weighted by Gasteiger charge is 2.43. The fraction of sp³-hybridized carbons (Fsp3) is 0.385. The number of aryl methyl sites for hydroxylation is 1. The summed E-state index contributed by atoms with van der Waals surface area (Å²) in [5, 5.41) is 0. The minimum Gasteiger partial charge on any atom is -0.495 e. The van der Waals surface area contributed by atoms with E-state index in [9.17, 15) is 26.3 Å². The highest BCUT2D eigenvalue weighted by atomic mass is 19.3. The molecule has 2 unspecified atom stereocenters. The van der Waals surface area contributed by atoms with Gasteiger partial charge in [0.1, 0.15) is 41.6 Å². The molecule has 2 atom stereocenters. The van der Waals surface area contributed by atoms with Gasteiger partial charge >= 0.3 is 6.11 Å². The molecule has 0 aromatic heterocycles. The Hall–Kier alpha value is -2.97. The maximum Gasteiger partial charge on any atom is 0.429 e. The van der Waals surface area contributed by atoms with E-state index in [0.29, 0.717) is 24.5 Å². The van der Waals surface area contributed by atoms with Crippen LogP contribution >= 0.6 is 0 Å². The lowest BCUT2D eigenvalue weighted by Gasteiger charge is -2.28. The van der Waals surface area contributed by atoms with Crippen LogP contribution in [0.4, 0.5) is 30.7 Å². The molecule has 0 N–H and O–H groups in total. The lowest BCUT2D eigenvalue weighted by molar-refractivity contribution is -0.187. The van der Waals surface area contributed by atoms with Gasteiger partial charge in [-0.25, -0.2) is 22.0 Å². The van der Waals surface area contributed by atoms with E-state index < -0.39 is 60.1 Å². The molecule has 0 saturated carbocycles. The highest BCUT2D eigenvalue weighted by molar-refractivity contribution is 5.73. The number of hydrogen-bond acceptors (Lipinski definition) is 2.